The van der Waals surface area contributed by atoms with Crippen LogP contribution in [0.1, 0.15) is 97.8 Å². The third-order valence-electron chi connectivity index (χ3n) is 3.90. The summed E-state index contributed by atoms with van der Waals surface area (Å²) in [7, 11) is 0. The number of carbonyl (C=O) groups is 1. The molecule has 1 N–H and O–H groups in total. The molecule has 0 saturated heterocycles. The highest BCUT2D eigenvalue weighted by molar-refractivity contribution is 5.78. The summed E-state index contributed by atoms with van der Waals surface area (Å²) in [6, 6.07) is 0.343. The minimum Gasteiger partial charge on any atom is -0.314 e. The maximum Gasteiger partial charge on any atom is 0.134 e. The van der Waals surface area contributed by atoms with E-state index in [1.807, 2.05) is 0 Å². The molecule has 1 atom stereocenters. The van der Waals surface area contributed by atoms with Crippen LogP contribution < -0.4 is 5.32 Å². The van der Waals surface area contributed by atoms with Crippen LogP contribution in [-0.2, 0) is 4.79 Å². The summed E-state index contributed by atoms with van der Waals surface area (Å²) in [5, 5.41) is 3.29. The predicted octanol–water partition coefficient (Wildman–Crippen LogP) is 5.25. The van der Waals surface area contributed by atoms with Crippen molar-refractivity contribution >= 4 is 5.78 Å². The summed E-state index contributed by atoms with van der Waals surface area (Å²) in [6.45, 7) is 7.40. The van der Waals surface area contributed by atoms with Gasteiger partial charge >= 0.3 is 0 Å². The van der Waals surface area contributed by atoms with Crippen LogP contribution >= 0.6 is 0 Å². The van der Waals surface area contributed by atoms with E-state index in [4.69, 9.17) is 0 Å². The van der Waals surface area contributed by atoms with E-state index in [2.05, 4.69) is 26.1 Å². The standard InChI is InChI=1S/C18H37NO/c1-4-6-7-8-9-10-11-12-13-14-15-18(20)16-17(3)19-5-2/h17,19H,4-16H2,1-3H3. The Hall–Kier alpha value is -0.370. The Morgan fingerprint density at radius 2 is 1.35 bits per heavy atom. The maximum absolute atomic E-state index is 11.7. The molecule has 1 unspecified atom stereocenters. The Balaban J connectivity index is 3.21. The average molecular weight is 284 g/mol. The van der Waals surface area contributed by atoms with Gasteiger partial charge in [-0.1, -0.05) is 71.6 Å². The molecule has 0 fully saturated rings. The Bertz CT molecular complexity index is 215. The maximum atomic E-state index is 11.7. The van der Waals surface area contributed by atoms with E-state index in [0.29, 0.717) is 18.2 Å². The number of ketones is 1. The van der Waals surface area contributed by atoms with Crippen molar-refractivity contribution in [3.05, 3.63) is 0 Å². The molecule has 20 heavy (non-hydrogen) atoms. The summed E-state index contributed by atoms with van der Waals surface area (Å²) in [4.78, 5) is 11.7. The fraction of sp³-hybridized carbons (Fsp3) is 0.944. The lowest BCUT2D eigenvalue weighted by Gasteiger charge is -2.10. The minimum atomic E-state index is 0.343. The molecule has 0 aliphatic heterocycles. The van der Waals surface area contributed by atoms with Crippen LogP contribution in [0.5, 0.6) is 0 Å². The molecule has 2 nitrogen and oxygen atoms in total. The van der Waals surface area contributed by atoms with Crippen LogP contribution in [0.2, 0.25) is 0 Å². The third-order valence-corrected chi connectivity index (χ3v) is 3.90. The highest BCUT2D eigenvalue weighted by Crippen LogP contribution is 2.11. The zero-order chi connectivity index (χ0) is 15.1. The highest BCUT2D eigenvalue weighted by atomic mass is 16.1. The third kappa shape index (κ3) is 14.0. The van der Waals surface area contributed by atoms with Crippen molar-refractivity contribution in [3.63, 3.8) is 0 Å². The Morgan fingerprint density at radius 1 is 0.850 bits per heavy atom. The van der Waals surface area contributed by atoms with E-state index < -0.39 is 0 Å². The quantitative estimate of drug-likeness (QED) is 0.416. The van der Waals surface area contributed by atoms with E-state index in [-0.39, 0.29) is 0 Å². The number of rotatable bonds is 15. The van der Waals surface area contributed by atoms with E-state index in [0.717, 1.165) is 19.4 Å². The molecule has 0 aromatic rings. The van der Waals surface area contributed by atoms with Crippen LogP contribution in [0, 0.1) is 0 Å². The fourth-order valence-electron chi connectivity index (χ4n) is 2.67. The van der Waals surface area contributed by atoms with Crippen molar-refractivity contribution in [1.82, 2.24) is 5.32 Å². The molecule has 0 aliphatic carbocycles. The van der Waals surface area contributed by atoms with Gasteiger partial charge in [0.25, 0.3) is 0 Å². The zero-order valence-corrected chi connectivity index (χ0v) is 14.2. The van der Waals surface area contributed by atoms with Gasteiger partial charge in [0.2, 0.25) is 0 Å². The van der Waals surface area contributed by atoms with Gasteiger partial charge < -0.3 is 5.32 Å². The smallest absolute Gasteiger partial charge is 0.134 e. The predicted molar refractivity (Wildman–Crippen MR) is 89.2 cm³/mol. The van der Waals surface area contributed by atoms with Crippen LogP contribution in [0.15, 0.2) is 0 Å². The molecule has 0 radical (unpaired) electrons. The second kappa shape index (κ2) is 15.0. The average Bonchev–Trinajstić information content (AvgIpc) is 2.41. The largest absolute Gasteiger partial charge is 0.314 e. The molecule has 0 aliphatic rings. The van der Waals surface area contributed by atoms with E-state index in [1.54, 1.807) is 0 Å². The van der Waals surface area contributed by atoms with E-state index in [9.17, 15) is 4.79 Å². The summed E-state index contributed by atoms with van der Waals surface area (Å²) >= 11 is 0. The van der Waals surface area contributed by atoms with Crippen molar-refractivity contribution in [2.24, 2.45) is 0 Å². The first-order valence-electron chi connectivity index (χ1n) is 8.95. The number of hydrogen-bond donors (Lipinski definition) is 1. The van der Waals surface area contributed by atoms with Crippen LogP contribution in [0.4, 0.5) is 0 Å². The number of hydrogen-bond acceptors (Lipinski definition) is 2. The molecule has 0 saturated carbocycles. The molecule has 2 heteroatoms. The monoisotopic (exact) mass is 283 g/mol. The lowest BCUT2D eigenvalue weighted by atomic mass is 10.0. The Morgan fingerprint density at radius 3 is 1.85 bits per heavy atom. The fourth-order valence-corrected chi connectivity index (χ4v) is 2.67. The lowest BCUT2D eigenvalue weighted by Crippen LogP contribution is -2.28. The minimum absolute atomic E-state index is 0.343. The van der Waals surface area contributed by atoms with Crippen molar-refractivity contribution in [3.8, 4) is 0 Å². The summed E-state index contributed by atoms with van der Waals surface area (Å²) in [6.07, 6.45) is 14.8. The van der Waals surface area contributed by atoms with E-state index >= 15 is 0 Å². The summed E-state index contributed by atoms with van der Waals surface area (Å²) in [5.74, 6) is 0.429. The Labute approximate surface area is 127 Å². The van der Waals surface area contributed by atoms with Crippen molar-refractivity contribution in [1.29, 1.82) is 0 Å². The second-order valence-electron chi connectivity index (χ2n) is 6.13. The van der Waals surface area contributed by atoms with Gasteiger partial charge in [0.1, 0.15) is 5.78 Å². The number of carbonyl (C=O) groups excluding carboxylic acids is 1. The SMILES string of the molecule is CCCCCCCCCCCCC(=O)CC(C)NCC. The summed E-state index contributed by atoms with van der Waals surface area (Å²) < 4.78 is 0. The topological polar surface area (TPSA) is 29.1 Å². The van der Waals surface area contributed by atoms with Gasteiger partial charge in [-0.25, -0.2) is 0 Å². The van der Waals surface area contributed by atoms with Gasteiger partial charge in [0.05, 0.1) is 0 Å². The highest BCUT2D eigenvalue weighted by Gasteiger charge is 2.07. The molecule has 120 valence electrons. The molecule has 0 aromatic carbocycles. The van der Waals surface area contributed by atoms with Crippen LogP contribution in [0.3, 0.4) is 0 Å². The molecule has 0 rings (SSSR count). The molecule has 0 amide bonds. The van der Waals surface area contributed by atoms with Gasteiger partial charge in [-0.05, 0) is 19.9 Å². The normalized spacial score (nSPS) is 12.6. The van der Waals surface area contributed by atoms with Crippen molar-refractivity contribution < 1.29 is 4.79 Å². The first-order valence-corrected chi connectivity index (χ1v) is 8.95. The van der Waals surface area contributed by atoms with Gasteiger partial charge in [-0.15, -0.1) is 0 Å². The van der Waals surface area contributed by atoms with E-state index in [1.165, 1.54) is 57.8 Å². The molecule has 0 spiro atoms. The van der Waals surface area contributed by atoms with Gasteiger partial charge in [-0.2, -0.15) is 0 Å². The summed E-state index contributed by atoms with van der Waals surface area (Å²) in [5.41, 5.74) is 0. The molecule has 0 aromatic heterocycles. The molecular weight excluding hydrogens is 246 g/mol. The van der Waals surface area contributed by atoms with Gasteiger partial charge in [0, 0.05) is 18.9 Å². The van der Waals surface area contributed by atoms with Crippen molar-refractivity contribution in [2.45, 2.75) is 104 Å². The van der Waals surface area contributed by atoms with Gasteiger partial charge in [0.15, 0.2) is 0 Å². The Kier molecular flexibility index (Phi) is 14.7. The second-order valence-corrected chi connectivity index (χ2v) is 6.13. The van der Waals surface area contributed by atoms with Crippen LogP contribution in [-0.4, -0.2) is 18.4 Å². The van der Waals surface area contributed by atoms with Crippen LogP contribution in [0.25, 0.3) is 0 Å². The lowest BCUT2D eigenvalue weighted by molar-refractivity contribution is -0.119. The van der Waals surface area contributed by atoms with Gasteiger partial charge in [-0.3, -0.25) is 4.79 Å². The molecule has 0 heterocycles. The molecule has 0 bridgehead atoms. The first-order chi connectivity index (χ1) is 9.70. The number of nitrogens with one attached hydrogen (secondary N) is 1. The van der Waals surface area contributed by atoms with Crippen molar-refractivity contribution in [2.75, 3.05) is 6.54 Å². The first kappa shape index (κ1) is 19.6. The number of unbranched alkanes of at least 4 members (excludes halogenated alkanes) is 9. The molecular formula is C18H37NO. The number of Topliss-reactive ketones (excluding diaryl/α,β-unsaturated/α-hetero) is 1. The zero-order valence-electron chi connectivity index (χ0n) is 14.2.